The summed E-state index contributed by atoms with van der Waals surface area (Å²) in [6.45, 7) is 0.341. The molecular weight excluding hydrogens is 390 g/mol. The van der Waals surface area contributed by atoms with Crippen LogP contribution >= 0.6 is 0 Å². The fraction of sp³-hybridized carbons (Fsp3) is 0.409. The van der Waals surface area contributed by atoms with Gasteiger partial charge in [-0.25, -0.2) is 4.79 Å². The van der Waals surface area contributed by atoms with E-state index in [0.29, 0.717) is 41.8 Å². The van der Waals surface area contributed by atoms with Crippen LogP contribution in [0.15, 0.2) is 24.3 Å². The Labute approximate surface area is 175 Å². The third kappa shape index (κ3) is 3.03. The summed E-state index contributed by atoms with van der Waals surface area (Å²) < 4.78 is 32.9. The summed E-state index contributed by atoms with van der Waals surface area (Å²) in [5.41, 5.74) is 2.84. The molecule has 0 bridgehead atoms. The first-order valence-electron chi connectivity index (χ1n) is 9.56. The first kappa shape index (κ1) is 20.0. The predicted molar refractivity (Wildman–Crippen MR) is 108 cm³/mol. The van der Waals surface area contributed by atoms with Crippen LogP contribution in [0.25, 0.3) is 0 Å². The largest absolute Gasteiger partial charge is 0.493 e. The lowest BCUT2D eigenvalue weighted by Crippen LogP contribution is -2.42. The normalized spacial score (nSPS) is 19.5. The van der Waals surface area contributed by atoms with Crippen molar-refractivity contribution in [2.24, 2.45) is 0 Å². The summed E-state index contributed by atoms with van der Waals surface area (Å²) >= 11 is 0. The topological polar surface area (TPSA) is 75.7 Å². The zero-order valence-corrected chi connectivity index (χ0v) is 17.7. The molecule has 1 saturated heterocycles. The average Bonchev–Trinajstić information content (AvgIpc) is 3.15. The number of carbonyl (C=O) groups is 1. The minimum absolute atomic E-state index is 0.0767. The van der Waals surface area contributed by atoms with E-state index in [1.54, 1.807) is 40.4 Å². The van der Waals surface area contributed by atoms with Gasteiger partial charge in [-0.3, -0.25) is 4.90 Å². The van der Waals surface area contributed by atoms with Crippen LogP contribution in [0.2, 0.25) is 0 Å². The van der Waals surface area contributed by atoms with E-state index < -0.39 is 6.04 Å². The van der Waals surface area contributed by atoms with Crippen LogP contribution in [-0.4, -0.2) is 59.2 Å². The lowest BCUT2D eigenvalue weighted by atomic mass is 9.85. The van der Waals surface area contributed by atoms with Gasteiger partial charge in [0.15, 0.2) is 23.0 Å². The van der Waals surface area contributed by atoms with E-state index in [9.17, 15) is 4.79 Å². The minimum Gasteiger partial charge on any atom is -0.493 e. The fourth-order valence-electron chi connectivity index (χ4n) is 4.32. The Hall–Kier alpha value is -3.29. The van der Waals surface area contributed by atoms with Crippen molar-refractivity contribution in [3.05, 3.63) is 41.0 Å². The van der Waals surface area contributed by atoms with Gasteiger partial charge in [-0.05, 0) is 47.4 Å². The Bertz CT molecular complexity index is 949. The molecule has 0 aliphatic carbocycles. The van der Waals surface area contributed by atoms with Crippen molar-refractivity contribution < 1.29 is 33.2 Å². The lowest BCUT2D eigenvalue weighted by Gasteiger charge is -2.38. The molecule has 2 aliphatic heterocycles. The van der Waals surface area contributed by atoms with Crippen molar-refractivity contribution in [3.8, 4) is 28.7 Å². The van der Waals surface area contributed by atoms with E-state index in [2.05, 4.69) is 0 Å². The maximum Gasteiger partial charge on any atom is 0.411 e. The number of nitrogens with zero attached hydrogens (tertiary/aromatic N) is 1. The van der Waals surface area contributed by atoms with Crippen LogP contribution in [-0.2, 0) is 11.2 Å². The molecule has 2 aliphatic rings. The Morgan fingerprint density at radius 1 is 0.833 bits per heavy atom. The molecular formula is C22H25NO7. The van der Waals surface area contributed by atoms with Gasteiger partial charge in [0.05, 0.1) is 47.6 Å². The Morgan fingerprint density at radius 2 is 1.43 bits per heavy atom. The Kier molecular flexibility index (Phi) is 5.24. The van der Waals surface area contributed by atoms with E-state index in [0.717, 1.165) is 16.7 Å². The van der Waals surface area contributed by atoms with E-state index >= 15 is 0 Å². The first-order valence-corrected chi connectivity index (χ1v) is 9.56. The number of ether oxygens (including phenoxy) is 6. The Morgan fingerprint density at radius 3 is 2.00 bits per heavy atom. The number of benzene rings is 2. The number of carbonyl (C=O) groups excluding carboxylic acids is 1. The molecule has 1 amide bonds. The first-order chi connectivity index (χ1) is 14.6. The van der Waals surface area contributed by atoms with Gasteiger partial charge in [-0.2, -0.15) is 0 Å². The zero-order chi connectivity index (χ0) is 21.4. The molecule has 0 saturated carbocycles. The summed E-state index contributed by atoms with van der Waals surface area (Å²) in [5.74, 6) is 2.78. The van der Waals surface area contributed by atoms with Crippen molar-refractivity contribution in [1.82, 2.24) is 4.90 Å². The molecule has 2 aromatic carbocycles. The maximum absolute atomic E-state index is 12.7. The van der Waals surface area contributed by atoms with Crippen molar-refractivity contribution in [1.29, 1.82) is 0 Å². The van der Waals surface area contributed by atoms with Gasteiger partial charge in [0.25, 0.3) is 0 Å². The second kappa shape index (κ2) is 7.85. The summed E-state index contributed by atoms with van der Waals surface area (Å²) in [7, 11) is 7.89. The van der Waals surface area contributed by atoms with E-state index in [1.165, 1.54) is 0 Å². The fourth-order valence-corrected chi connectivity index (χ4v) is 4.32. The third-order valence-corrected chi connectivity index (χ3v) is 5.68. The van der Waals surface area contributed by atoms with Crippen LogP contribution in [0.1, 0.15) is 22.7 Å². The zero-order valence-electron chi connectivity index (χ0n) is 17.7. The van der Waals surface area contributed by atoms with Crippen molar-refractivity contribution in [2.45, 2.75) is 18.5 Å². The Balaban J connectivity index is 1.94. The quantitative estimate of drug-likeness (QED) is 0.717. The second-order valence-corrected chi connectivity index (χ2v) is 7.11. The monoisotopic (exact) mass is 415 g/mol. The maximum atomic E-state index is 12.7. The number of fused-ring (bicyclic) bond motifs is 2. The molecule has 4 rings (SSSR count). The molecule has 8 heteroatoms. The molecule has 2 heterocycles. The number of hydrogen-bond acceptors (Lipinski definition) is 7. The number of methoxy groups -OCH3 is 5. The van der Waals surface area contributed by atoms with Crippen LogP contribution in [0.3, 0.4) is 0 Å². The SMILES string of the molecule is COc1cc2c(cc1OC)[C@@H](c1cc(OC)c(OC)c(OC)c1)N1C(=O)OC[C@@H]1C2. The number of rotatable bonds is 6. The van der Waals surface area contributed by atoms with Gasteiger partial charge >= 0.3 is 6.09 Å². The van der Waals surface area contributed by atoms with Gasteiger partial charge in [-0.1, -0.05) is 0 Å². The molecule has 30 heavy (non-hydrogen) atoms. The minimum atomic E-state index is -0.401. The molecule has 160 valence electrons. The standard InChI is InChI=1S/C22H25NO7/c1-25-16-7-12-6-14-11-30-22(24)23(14)20(15(12)10-17(16)26-2)13-8-18(27-3)21(29-5)19(9-13)28-4/h7-10,14,20H,6,11H2,1-5H3/t14-,20+/m0/s1. The highest BCUT2D eigenvalue weighted by molar-refractivity contribution is 5.73. The molecule has 0 spiro atoms. The second-order valence-electron chi connectivity index (χ2n) is 7.11. The highest BCUT2D eigenvalue weighted by Crippen LogP contribution is 2.48. The van der Waals surface area contributed by atoms with E-state index in [1.807, 2.05) is 24.3 Å². The van der Waals surface area contributed by atoms with Crippen molar-refractivity contribution >= 4 is 6.09 Å². The number of amides is 1. The third-order valence-electron chi connectivity index (χ3n) is 5.68. The summed E-state index contributed by atoms with van der Waals surface area (Å²) in [6, 6.07) is 7.14. The highest BCUT2D eigenvalue weighted by Gasteiger charge is 2.45. The van der Waals surface area contributed by atoms with Crippen LogP contribution in [0.5, 0.6) is 28.7 Å². The average molecular weight is 415 g/mol. The van der Waals surface area contributed by atoms with Gasteiger partial charge in [0.1, 0.15) is 6.61 Å². The molecule has 2 atom stereocenters. The molecule has 0 radical (unpaired) electrons. The van der Waals surface area contributed by atoms with E-state index in [4.69, 9.17) is 28.4 Å². The van der Waals surface area contributed by atoms with Crippen molar-refractivity contribution in [2.75, 3.05) is 42.2 Å². The molecule has 0 N–H and O–H groups in total. The van der Waals surface area contributed by atoms with Gasteiger partial charge in [-0.15, -0.1) is 0 Å². The molecule has 0 aromatic heterocycles. The van der Waals surface area contributed by atoms with Gasteiger partial charge < -0.3 is 28.4 Å². The summed E-state index contributed by atoms with van der Waals surface area (Å²) in [6.07, 6.45) is 0.321. The summed E-state index contributed by atoms with van der Waals surface area (Å²) in [5, 5.41) is 0. The van der Waals surface area contributed by atoms with E-state index in [-0.39, 0.29) is 12.1 Å². The molecule has 1 fully saturated rings. The van der Waals surface area contributed by atoms with Crippen molar-refractivity contribution in [3.63, 3.8) is 0 Å². The molecule has 0 unspecified atom stereocenters. The van der Waals surface area contributed by atoms with Gasteiger partial charge in [0.2, 0.25) is 5.75 Å². The predicted octanol–water partition coefficient (Wildman–Crippen LogP) is 3.20. The van der Waals surface area contributed by atoms with Crippen LogP contribution in [0.4, 0.5) is 4.79 Å². The number of cyclic esters (lactones) is 1. The molecule has 2 aromatic rings. The van der Waals surface area contributed by atoms with Crippen LogP contribution < -0.4 is 23.7 Å². The summed E-state index contributed by atoms with van der Waals surface area (Å²) in [4.78, 5) is 14.4. The smallest absolute Gasteiger partial charge is 0.411 e. The molecule has 8 nitrogen and oxygen atoms in total. The highest BCUT2D eigenvalue weighted by atomic mass is 16.6. The van der Waals surface area contributed by atoms with Crippen LogP contribution in [0, 0.1) is 0 Å². The lowest BCUT2D eigenvalue weighted by molar-refractivity contribution is 0.147. The van der Waals surface area contributed by atoms with Gasteiger partial charge in [0, 0.05) is 0 Å². The number of hydrogen-bond donors (Lipinski definition) is 0.